The third-order valence-electron chi connectivity index (χ3n) is 4.48. The highest BCUT2D eigenvalue weighted by Crippen LogP contribution is 2.42. The summed E-state index contributed by atoms with van der Waals surface area (Å²) in [6.45, 7) is 1.57. The zero-order valence-corrected chi connectivity index (χ0v) is 15.9. The van der Waals surface area contributed by atoms with Gasteiger partial charge in [0.15, 0.2) is 9.84 Å². The van der Waals surface area contributed by atoms with E-state index in [1.165, 1.54) is 11.0 Å². The standard InChI is InChI=1S/C18H23F3N2O3S/c1-13(9-11-27(2,25)26)22-17(24)23-10-8-15(18(19,20)21)12-16(23)14-6-4-3-5-7-14/h3-7,9,11,13,15-16H,8,10,12H2,1-2H3,(H,22,24)/b11-9+/t13?,15-,16+/m1/s1. The Morgan fingerprint density at radius 3 is 2.48 bits per heavy atom. The Kier molecular flexibility index (Phi) is 6.56. The molecule has 150 valence electrons. The maximum absolute atomic E-state index is 13.2. The molecule has 27 heavy (non-hydrogen) atoms. The smallest absolute Gasteiger partial charge is 0.332 e. The zero-order valence-electron chi connectivity index (χ0n) is 15.1. The molecule has 1 aromatic rings. The van der Waals surface area contributed by atoms with Crippen molar-refractivity contribution < 1.29 is 26.4 Å². The van der Waals surface area contributed by atoms with E-state index in [9.17, 15) is 26.4 Å². The van der Waals surface area contributed by atoms with Gasteiger partial charge in [0.2, 0.25) is 0 Å². The van der Waals surface area contributed by atoms with Crippen molar-refractivity contribution in [2.75, 3.05) is 12.8 Å². The van der Waals surface area contributed by atoms with Gasteiger partial charge in [-0.1, -0.05) is 36.4 Å². The third-order valence-corrected chi connectivity index (χ3v) is 5.13. The molecule has 2 rings (SSSR count). The van der Waals surface area contributed by atoms with Gasteiger partial charge in [-0.15, -0.1) is 0 Å². The van der Waals surface area contributed by atoms with E-state index < -0.39 is 40.0 Å². The second-order valence-electron chi connectivity index (χ2n) is 6.78. The van der Waals surface area contributed by atoms with E-state index in [1.54, 1.807) is 37.3 Å². The van der Waals surface area contributed by atoms with Gasteiger partial charge >= 0.3 is 12.2 Å². The fourth-order valence-electron chi connectivity index (χ4n) is 3.08. The fourth-order valence-corrected chi connectivity index (χ4v) is 3.60. The minimum absolute atomic E-state index is 0.0297. The molecule has 3 atom stereocenters. The number of alkyl halides is 3. The van der Waals surface area contributed by atoms with E-state index >= 15 is 0 Å². The first-order valence-corrected chi connectivity index (χ1v) is 10.5. The van der Waals surface area contributed by atoms with Crippen LogP contribution in [0.25, 0.3) is 0 Å². The normalized spacial score (nSPS) is 22.6. The number of rotatable bonds is 4. The molecular weight excluding hydrogens is 381 g/mol. The lowest BCUT2D eigenvalue weighted by molar-refractivity contribution is -0.188. The molecule has 0 aromatic heterocycles. The number of nitrogens with one attached hydrogen (secondary N) is 1. The average molecular weight is 404 g/mol. The number of carbonyl (C=O) groups is 1. The van der Waals surface area contributed by atoms with Crippen molar-refractivity contribution in [3.63, 3.8) is 0 Å². The Morgan fingerprint density at radius 1 is 1.30 bits per heavy atom. The number of carbonyl (C=O) groups excluding carboxylic acids is 1. The van der Waals surface area contributed by atoms with Gasteiger partial charge in [-0.05, 0) is 25.3 Å². The molecule has 5 nitrogen and oxygen atoms in total. The zero-order chi connectivity index (χ0) is 20.2. The number of hydrogen-bond donors (Lipinski definition) is 1. The molecular formula is C18H23F3N2O3S. The molecule has 0 aliphatic carbocycles. The van der Waals surface area contributed by atoms with Gasteiger partial charge in [0.1, 0.15) is 0 Å². The van der Waals surface area contributed by atoms with Crippen LogP contribution in [0.15, 0.2) is 41.8 Å². The number of halogens is 3. The van der Waals surface area contributed by atoms with Crippen molar-refractivity contribution in [1.82, 2.24) is 10.2 Å². The Hall–Kier alpha value is -2.03. The van der Waals surface area contributed by atoms with Crippen LogP contribution in [0, 0.1) is 5.92 Å². The lowest BCUT2D eigenvalue weighted by Crippen LogP contribution is -2.49. The molecule has 1 aromatic carbocycles. The van der Waals surface area contributed by atoms with Crippen LogP contribution in [-0.4, -0.2) is 44.4 Å². The third kappa shape index (κ3) is 6.27. The molecule has 0 saturated carbocycles. The van der Waals surface area contributed by atoms with Crippen LogP contribution in [-0.2, 0) is 9.84 Å². The largest absolute Gasteiger partial charge is 0.391 e. The number of nitrogens with zero attached hydrogens (tertiary/aromatic N) is 1. The summed E-state index contributed by atoms with van der Waals surface area (Å²) in [6.07, 6.45) is -2.30. The number of sulfone groups is 1. The molecule has 1 fully saturated rings. The molecule has 0 bridgehead atoms. The number of piperidine rings is 1. The van der Waals surface area contributed by atoms with Gasteiger partial charge in [-0.25, -0.2) is 13.2 Å². The molecule has 1 aliphatic heterocycles. The van der Waals surface area contributed by atoms with E-state index in [-0.39, 0.29) is 19.4 Å². The van der Waals surface area contributed by atoms with E-state index in [0.717, 1.165) is 11.7 Å². The van der Waals surface area contributed by atoms with Crippen molar-refractivity contribution in [2.45, 2.75) is 38.0 Å². The van der Waals surface area contributed by atoms with Gasteiger partial charge in [-0.3, -0.25) is 0 Å². The molecule has 0 spiro atoms. The van der Waals surface area contributed by atoms with E-state index in [2.05, 4.69) is 5.32 Å². The summed E-state index contributed by atoms with van der Waals surface area (Å²) in [5, 5.41) is 3.62. The number of urea groups is 1. The Balaban J connectivity index is 2.17. The summed E-state index contributed by atoms with van der Waals surface area (Å²) in [4.78, 5) is 14.0. The molecule has 1 unspecified atom stereocenters. The van der Waals surface area contributed by atoms with E-state index in [1.807, 2.05) is 0 Å². The van der Waals surface area contributed by atoms with Crippen LogP contribution in [0.4, 0.5) is 18.0 Å². The van der Waals surface area contributed by atoms with Crippen molar-refractivity contribution in [1.29, 1.82) is 0 Å². The monoisotopic (exact) mass is 404 g/mol. The first-order chi connectivity index (χ1) is 12.5. The second kappa shape index (κ2) is 8.33. The number of hydrogen-bond acceptors (Lipinski definition) is 3. The van der Waals surface area contributed by atoms with Crippen LogP contribution >= 0.6 is 0 Å². The fraction of sp³-hybridized carbons (Fsp3) is 0.500. The van der Waals surface area contributed by atoms with Crippen LogP contribution in [0.5, 0.6) is 0 Å². The summed E-state index contributed by atoms with van der Waals surface area (Å²) in [7, 11) is -3.33. The first-order valence-electron chi connectivity index (χ1n) is 8.54. The molecule has 1 aliphatic rings. The summed E-state index contributed by atoms with van der Waals surface area (Å²) in [6, 6.07) is 6.82. The van der Waals surface area contributed by atoms with Crippen LogP contribution < -0.4 is 5.32 Å². The molecule has 9 heteroatoms. The van der Waals surface area contributed by atoms with Gasteiger partial charge in [0.25, 0.3) is 0 Å². The van der Waals surface area contributed by atoms with Crippen molar-refractivity contribution >= 4 is 15.9 Å². The lowest BCUT2D eigenvalue weighted by Gasteiger charge is -2.40. The van der Waals surface area contributed by atoms with Crippen molar-refractivity contribution in [3.05, 3.63) is 47.4 Å². The number of benzene rings is 1. The molecule has 0 radical (unpaired) electrons. The molecule has 2 amide bonds. The minimum Gasteiger partial charge on any atom is -0.332 e. The maximum Gasteiger partial charge on any atom is 0.391 e. The first kappa shape index (κ1) is 21.3. The predicted octanol–water partition coefficient (Wildman–Crippen LogP) is 3.66. The lowest BCUT2D eigenvalue weighted by atomic mass is 9.87. The van der Waals surface area contributed by atoms with Crippen molar-refractivity contribution in [3.8, 4) is 0 Å². The van der Waals surface area contributed by atoms with Crippen molar-refractivity contribution in [2.24, 2.45) is 5.92 Å². The molecule has 1 heterocycles. The summed E-state index contributed by atoms with van der Waals surface area (Å²) in [5.74, 6) is -1.46. The van der Waals surface area contributed by atoms with Gasteiger partial charge < -0.3 is 10.2 Å². The Bertz CT molecular complexity index is 779. The Labute approximate surface area is 157 Å². The van der Waals surface area contributed by atoms with Crippen LogP contribution in [0.2, 0.25) is 0 Å². The Morgan fingerprint density at radius 2 is 1.93 bits per heavy atom. The molecule has 1 saturated heterocycles. The summed E-state index contributed by atoms with van der Waals surface area (Å²) in [5.41, 5.74) is 0.640. The number of amides is 2. The summed E-state index contributed by atoms with van der Waals surface area (Å²) < 4.78 is 61.9. The number of likely N-dealkylation sites (tertiary alicyclic amines) is 1. The van der Waals surface area contributed by atoms with Crippen LogP contribution in [0.3, 0.4) is 0 Å². The summed E-state index contributed by atoms with van der Waals surface area (Å²) >= 11 is 0. The highest BCUT2D eigenvalue weighted by Gasteiger charge is 2.45. The van der Waals surface area contributed by atoms with Crippen LogP contribution in [0.1, 0.15) is 31.4 Å². The maximum atomic E-state index is 13.2. The molecule has 1 N–H and O–H groups in total. The van der Waals surface area contributed by atoms with Gasteiger partial charge in [0, 0.05) is 24.3 Å². The predicted molar refractivity (Wildman–Crippen MR) is 96.6 cm³/mol. The SMILES string of the molecule is CC(/C=C/S(C)(=O)=O)NC(=O)N1CC[C@@H](C(F)(F)F)C[C@H]1c1ccccc1. The topological polar surface area (TPSA) is 66.5 Å². The van der Waals surface area contributed by atoms with E-state index in [4.69, 9.17) is 0 Å². The van der Waals surface area contributed by atoms with Gasteiger partial charge in [-0.2, -0.15) is 13.2 Å². The van der Waals surface area contributed by atoms with E-state index in [0.29, 0.717) is 5.56 Å². The average Bonchev–Trinajstić information content (AvgIpc) is 2.59. The quantitative estimate of drug-likeness (QED) is 0.833. The highest BCUT2D eigenvalue weighted by atomic mass is 32.2. The second-order valence-corrected chi connectivity index (χ2v) is 8.71. The minimum atomic E-state index is -4.30. The van der Waals surface area contributed by atoms with Gasteiger partial charge in [0.05, 0.1) is 12.0 Å². The highest BCUT2D eigenvalue weighted by molar-refractivity contribution is 7.93.